The van der Waals surface area contributed by atoms with Crippen molar-refractivity contribution in [3.05, 3.63) is 71.2 Å². The molecule has 1 atom stereocenters. The first kappa shape index (κ1) is 15.7. The highest BCUT2D eigenvalue weighted by atomic mass is 19.1. The summed E-state index contributed by atoms with van der Waals surface area (Å²) < 4.78 is 15.1. The topological polar surface area (TPSA) is 55.6 Å². The zero-order valence-corrected chi connectivity index (χ0v) is 14.3. The Bertz CT molecular complexity index is 883. The van der Waals surface area contributed by atoms with Gasteiger partial charge in [0.05, 0.1) is 11.7 Å². The molecule has 4 rings (SSSR count). The van der Waals surface area contributed by atoms with Crippen LogP contribution in [-0.4, -0.2) is 19.7 Å². The van der Waals surface area contributed by atoms with Crippen LogP contribution in [0.2, 0.25) is 0 Å². The molecule has 0 amide bonds. The zero-order chi connectivity index (χ0) is 17.4. The van der Waals surface area contributed by atoms with Crippen LogP contribution in [0.4, 0.5) is 10.2 Å². The molecule has 1 saturated carbocycles. The van der Waals surface area contributed by atoms with Crippen molar-refractivity contribution in [1.82, 2.24) is 19.7 Å². The second kappa shape index (κ2) is 6.27. The molecule has 5 nitrogen and oxygen atoms in total. The Morgan fingerprint density at radius 3 is 2.56 bits per heavy atom. The first-order valence-corrected chi connectivity index (χ1v) is 8.45. The Kier molecular flexibility index (Phi) is 3.95. The van der Waals surface area contributed by atoms with E-state index in [0.29, 0.717) is 5.92 Å². The summed E-state index contributed by atoms with van der Waals surface area (Å²) in [5.41, 5.74) is 2.74. The van der Waals surface area contributed by atoms with Crippen LogP contribution in [0.3, 0.4) is 0 Å². The van der Waals surface area contributed by atoms with E-state index in [1.54, 1.807) is 16.8 Å². The van der Waals surface area contributed by atoms with Crippen molar-refractivity contribution in [3.8, 4) is 0 Å². The molecule has 25 heavy (non-hydrogen) atoms. The molecule has 2 heterocycles. The van der Waals surface area contributed by atoms with E-state index in [-0.39, 0.29) is 11.9 Å². The predicted molar refractivity (Wildman–Crippen MR) is 93.8 cm³/mol. The number of nitrogens with one attached hydrogen (secondary N) is 1. The molecule has 0 saturated heterocycles. The standard InChI is InChI=1S/C19H20FN5/c1-12-11-17(23-19(21-12)14-3-4-14)22-18(16-9-10-25(2)24-16)13-5-7-15(20)8-6-13/h5-11,14,18H,3-4H2,1-2H3,(H,21,22,23). The number of aromatic nitrogens is 4. The van der Waals surface area contributed by atoms with Gasteiger partial charge in [0.2, 0.25) is 0 Å². The average molecular weight is 337 g/mol. The van der Waals surface area contributed by atoms with Gasteiger partial charge >= 0.3 is 0 Å². The Morgan fingerprint density at radius 2 is 1.92 bits per heavy atom. The Labute approximate surface area is 145 Å². The van der Waals surface area contributed by atoms with E-state index < -0.39 is 0 Å². The smallest absolute Gasteiger partial charge is 0.134 e. The number of benzene rings is 1. The Balaban J connectivity index is 1.70. The average Bonchev–Trinajstić information content (AvgIpc) is 3.35. The van der Waals surface area contributed by atoms with Crippen molar-refractivity contribution in [1.29, 1.82) is 0 Å². The van der Waals surface area contributed by atoms with E-state index in [4.69, 9.17) is 0 Å². The summed E-state index contributed by atoms with van der Waals surface area (Å²) in [6, 6.07) is 10.2. The van der Waals surface area contributed by atoms with Crippen LogP contribution in [0.5, 0.6) is 0 Å². The van der Waals surface area contributed by atoms with Crippen LogP contribution in [0.25, 0.3) is 0 Å². The van der Waals surface area contributed by atoms with Gasteiger partial charge in [-0.3, -0.25) is 4.68 Å². The summed E-state index contributed by atoms with van der Waals surface area (Å²) in [6.07, 6.45) is 4.21. The molecule has 0 aliphatic heterocycles. The summed E-state index contributed by atoms with van der Waals surface area (Å²) in [6.45, 7) is 1.98. The van der Waals surface area contributed by atoms with Crippen LogP contribution in [0, 0.1) is 12.7 Å². The number of nitrogens with zero attached hydrogens (tertiary/aromatic N) is 4. The monoisotopic (exact) mass is 337 g/mol. The molecule has 2 aromatic heterocycles. The van der Waals surface area contributed by atoms with Crippen LogP contribution in [-0.2, 0) is 7.05 Å². The van der Waals surface area contributed by atoms with Crippen LogP contribution >= 0.6 is 0 Å². The first-order valence-electron chi connectivity index (χ1n) is 8.45. The molecular weight excluding hydrogens is 317 g/mol. The molecule has 128 valence electrons. The number of aryl methyl sites for hydroxylation is 2. The Hall–Kier alpha value is -2.76. The predicted octanol–water partition coefficient (Wildman–Crippen LogP) is 3.74. The molecule has 0 bridgehead atoms. The van der Waals surface area contributed by atoms with Gasteiger partial charge in [-0.1, -0.05) is 12.1 Å². The summed E-state index contributed by atoms with van der Waals surface area (Å²) in [4.78, 5) is 9.22. The van der Waals surface area contributed by atoms with Crippen molar-refractivity contribution in [2.75, 3.05) is 5.32 Å². The molecule has 1 aliphatic carbocycles. The number of anilines is 1. The maximum atomic E-state index is 13.3. The van der Waals surface area contributed by atoms with Crippen molar-refractivity contribution >= 4 is 5.82 Å². The fourth-order valence-electron chi connectivity index (χ4n) is 2.91. The molecule has 1 fully saturated rings. The number of halogens is 1. The first-order chi connectivity index (χ1) is 12.1. The Morgan fingerprint density at radius 1 is 1.16 bits per heavy atom. The molecule has 3 aromatic rings. The number of rotatable bonds is 5. The van der Waals surface area contributed by atoms with Gasteiger partial charge in [-0.2, -0.15) is 5.10 Å². The minimum atomic E-state index is -0.252. The summed E-state index contributed by atoms with van der Waals surface area (Å²) in [5.74, 6) is 1.91. The molecule has 0 radical (unpaired) electrons. The third-order valence-corrected chi connectivity index (χ3v) is 4.34. The molecule has 6 heteroatoms. The van der Waals surface area contributed by atoms with Gasteiger partial charge in [-0.15, -0.1) is 0 Å². The summed E-state index contributed by atoms with van der Waals surface area (Å²) in [5, 5.41) is 7.97. The van der Waals surface area contributed by atoms with Crippen LogP contribution in [0.15, 0.2) is 42.6 Å². The summed E-state index contributed by atoms with van der Waals surface area (Å²) >= 11 is 0. The van der Waals surface area contributed by atoms with Crippen molar-refractivity contribution in [2.24, 2.45) is 7.05 Å². The van der Waals surface area contributed by atoms with Gasteiger partial charge in [0.15, 0.2) is 0 Å². The summed E-state index contributed by atoms with van der Waals surface area (Å²) in [7, 11) is 1.88. The van der Waals surface area contributed by atoms with Crippen LogP contribution < -0.4 is 5.32 Å². The van der Waals surface area contributed by atoms with E-state index >= 15 is 0 Å². The molecule has 1 aromatic carbocycles. The van der Waals surface area contributed by atoms with Crippen molar-refractivity contribution in [2.45, 2.75) is 31.7 Å². The van der Waals surface area contributed by atoms with Crippen molar-refractivity contribution in [3.63, 3.8) is 0 Å². The fourth-order valence-corrected chi connectivity index (χ4v) is 2.91. The second-order valence-electron chi connectivity index (χ2n) is 6.57. The third kappa shape index (κ3) is 3.52. The highest BCUT2D eigenvalue weighted by Gasteiger charge is 2.27. The lowest BCUT2D eigenvalue weighted by atomic mass is 10.0. The highest BCUT2D eigenvalue weighted by Crippen LogP contribution is 2.38. The van der Waals surface area contributed by atoms with E-state index in [2.05, 4.69) is 20.4 Å². The van der Waals surface area contributed by atoms with E-state index in [9.17, 15) is 4.39 Å². The quantitative estimate of drug-likeness (QED) is 0.771. The van der Waals surface area contributed by atoms with E-state index in [1.165, 1.54) is 12.1 Å². The molecule has 0 spiro atoms. The highest BCUT2D eigenvalue weighted by molar-refractivity contribution is 5.44. The van der Waals surface area contributed by atoms with Gasteiger partial charge in [0.1, 0.15) is 17.5 Å². The van der Waals surface area contributed by atoms with Gasteiger partial charge in [0, 0.05) is 30.9 Å². The number of hydrogen-bond donors (Lipinski definition) is 1. The number of hydrogen-bond acceptors (Lipinski definition) is 4. The fraction of sp³-hybridized carbons (Fsp3) is 0.316. The molecule has 1 unspecified atom stereocenters. The molecular formula is C19H20FN5. The van der Waals surface area contributed by atoms with Gasteiger partial charge < -0.3 is 5.32 Å². The maximum Gasteiger partial charge on any atom is 0.134 e. The van der Waals surface area contributed by atoms with Gasteiger partial charge in [-0.05, 0) is 43.5 Å². The largest absolute Gasteiger partial charge is 0.357 e. The van der Waals surface area contributed by atoms with Crippen molar-refractivity contribution < 1.29 is 4.39 Å². The minimum absolute atomic E-state index is 0.205. The van der Waals surface area contributed by atoms with Crippen LogP contribution in [0.1, 0.15) is 47.6 Å². The SMILES string of the molecule is Cc1cc(NC(c2ccc(F)cc2)c2ccn(C)n2)nc(C2CC2)n1. The second-order valence-corrected chi connectivity index (χ2v) is 6.57. The maximum absolute atomic E-state index is 13.3. The third-order valence-electron chi connectivity index (χ3n) is 4.34. The van der Waals surface area contributed by atoms with E-state index in [1.807, 2.05) is 32.3 Å². The molecule has 1 aliphatic rings. The van der Waals surface area contributed by atoms with E-state index in [0.717, 1.165) is 41.4 Å². The van der Waals surface area contributed by atoms with Gasteiger partial charge in [0.25, 0.3) is 0 Å². The zero-order valence-electron chi connectivity index (χ0n) is 14.3. The molecule has 1 N–H and O–H groups in total. The lowest BCUT2D eigenvalue weighted by Gasteiger charge is -2.19. The lowest BCUT2D eigenvalue weighted by Crippen LogP contribution is -2.15. The lowest BCUT2D eigenvalue weighted by molar-refractivity contribution is 0.626. The van der Waals surface area contributed by atoms with Gasteiger partial charge in [-0.25, -0.2) is 14.4 Å². The normalized spacial score (nSPS) is 15.2. The minimum Gasteiger partial charge on any atom is -0.357 e.